The molecule has 0 aliphatic carbocycles. The standard InChI is InChI=1S/C8H9BrF2N2O/c1-14-5-2-4(3-12)6(8(10)11)7(9)13-5/h2,8H,3,12H2,1H3. The van der Waals surface area contributed by atoms with Crippen LogP contribution in [0, 0.1) is 0 Å². The quantitative estimate of drug-likeness (QED) is 0.854. The second kappa shape index (κ2) is 4.65. The number of nitrogens with two attached hydrogens (primary N) is 1. The van der Waals surface area contributed by atoms with Gasteiger partial charge in [0.05, 0.1) is 12.7 Å². The largest absolute Gasteiger partial charge is 0.481 e. The summed E-state index contributed by atoms with van der Waals surface area (Å²) >= 11 is 2.95. The van der Waals surface area contributed by atoms with Gasteiger partial charge in [-0.2, -0.15) is 0 Å². The van der Waals surface area contributed by atoms with Crippen molar-refractivity contribution in [1.82, 2.24) is 4.98 Å². The first-order valence-corrected chi connectivity index (χ1v) is 4.61. The Morgan fingerprint density at radius 3 is 2.71 bits per heavy atom. The van der Waals surface area contributed by atoms with Crippen LogP contribution < -0.4 is 10.5 Å². The highest BCUT2D eigenvalue weighted by atomic mass is 79.9. The third kappa shape index (κ3) is 2.19. The Labute approximate surface area is 88.4 Å². The predicted molar refractivity (Wildman–Crippen MR) is 51.3 cm³/mol. The maximum atomic E-state index is 12.5. The molecule has 0 aliphatic rings. The first-order chi connectivity index (χ1) is 6.60. The number of pyridine rings is 1. The fourth-order valence-corrected chi connectivity index (χ4v) is 1.65. The number of hydrogen-bond donors (Lipinski definition) is 1. The van der Waals surface area contributed by atoms with E-state index in [1.54, 1.807) is 0 Å². The van der Waals surface area contributed by atoms with E-state index in [1.165, 1.54) is 13.2 Å². The van der Waals surface area contributed by atoms with E-state index in [2.05, 4.69) is 20.9 Å². The number of halogens is 3. The molecule has 0 atom stereocenters. The minimum atomic E-state index is -2.60. The van der Waals surface area contributed by atoms with Crippen molar-refractivity contribution < 1.29 is 13.5 Å². The molecule has 78 valence electrons. The van der Waals surface area contributed by atoms with Crippen LogP contribution >= 0.6 is 15.9 Å². The number of methoxy groups -OCH3 is 1. The van der Waals surface area contributed by atoms with Crippen LogP contribution in [-0.4, -0.2) is 12.1 Å². The zero-order valence-electron chi connectivity index (χ0n) is 7.43. The number of alkyl halides is 2. The Balaban J connectivity index is 3.27. The molecule has 1 aromatic rings. The highest BCUT2D eigenvalue weighted by Gasteiger charge is 2.18. The van der Waals surface area contributed by atoms with Gasteiger partial charge in [0.1, 0.15) is 4.60 Å². The van der Waals surface area contributed by atoms with E-state index in [9.17, 15) is 8.78 Å². The van der Waals surface area contributed by atoms with Crippen LogP contribution in [0.5, 0.6) is 5.88 Å². The highest BCUT2D eigenvalue weighted by molar-refractivity contribution is 9.10. The van der Waals surface area contributed by atoms with Gasteiger partial charge in [0.25, 0.3) is 6.43 Å². The van der Waals surface area contributed by atoms with Gasteiger partial charge in [-0.15, -0.1) is 0 Å². The Morgan fingerprint density at radius 1 is 1.64 bits per heavy atom. The Morgan fingerprint density at radius 2 is 2.29 bits per heavy atom. The molecule has 2 N–H and O–H groups in total. The van der Waals surface area contributed by atoms with Gasteiger partial charge in [0, 0.05) is 12.6 Å². The summed E-state index contributed by atoms with van der Waals surface area (Å²) < 4.78 is 30.0. The van der Waals surface area contributed by atoms with Crippen molar-refractivity contribution in [3.8, 4) is 5.88 Å². The number of nitrogens with zero attached hydrogens (tertiary/aromatic N) is 1. The molecule has 0 amide bonds. The van der Waals surface area contributed by atoms with Crippen molar-refractivity contribution >= 4 is 15.9 Å². The summed E-state index contributed by atoms with van der Waals surface area (Å²) in [5.74, 6) is 0.265. The Hall–Kier alpha value is -0.750. The summed E-state index contributed by atoms with van der Waals surface area (Å²) in [5, 5.41) is 0. The van der Waals surface area contributed by atoms with E-state index in [0.717, 1.165) is 0 Å². The van der Waals surface area contributed by atoms with Crippen molar-refractivity contribution in [1.29, 1.82) is 0 Å². The van der Waals surface area contributed by atoms with E-state index in [1.807, 2.05) is 0 Å². The fourth-order valence-electron chi connectivity index (χ4n) is 1.05. The average Bonchev–Trinajstić information content (AvgIpc) is 2.15. The van der Waals surface area contributed by atoms with Gasteiger partial charge >= 0.3 is 0 Å². The van der Waals surface area contributed by atoms with Crippen LogP contribution in [0.4, 0.5) is 8.78 Å². The van der Waals surface area contributed by atoms with Gasteiger partial charge in [-0.05, 0) is 21.5 Å². The lowest BCUT2D eigenvalue weighted by atomic mass is 10.1. The number of rotatable bonds is 3. The van der Waals surface area contributed by atoms with Gasteiger partial charge in [-0.3, -0.25) is 0 Å². The molecule has 1 rings (SSSR count). The van der Waals surface area contributed by atoms with E-state index < -0.39 is 6.43 Å². The molecule has 0 bridgehead atoms. The molecule has 1 aromatic heterocycles. The van der Waals surface area contributed by atoms with Gasteiger partial charge in [-0.1, -0.05) is 0 Å². The lowest BCUT2D eigenvalue weighted by Crippen LogP contribution is -2.05. The SMILES string of the molecule is COc1cc(CN)c(C(F)F)c(Br)n1. The second-order valence-electron chi connectivity index (χ2n) is 2.53. The van der Waals surface area contributed by atoms with Crippen LogP contribution in [0.3, 0.4) is 0 Å². The minimum Gasteiger partial charge on any atom is -0.481 e. The maximum Gasteiger partial charge on any atom is 0.266 e. The summed E-state index contributed by atoms with van der Waals surface area (Å²) in [6, 6.07) is 1.41. The number of hydrogen-bond acceptors (Lipinski definition) is 3. The van der Waals surface area contributed by atoms with Gasteiger partial charge < -0.3 is 10.5 Å². The summed E-state index contributed by atoms with van der Waals surface area (Å²) in [6.45, 7) is 0.0250. The molecule has 14 heavy (non-hydrogen) atoms. The summed E-state index contributed by atoms with van der Waals surface area (Å²) in [4.78, 5) is 3.78. The summed E-state index contributed by atoms with van der Waals surface area (Å²) in [6.07, 6.45) is -2.60. The topological polar surface area (TPSA) is 48.1 Å². The first kappa shape index (κ1) is 11.3. The monoisotopic (exact) mass is 266 g/mol. The molecule has 3 nitrogen and oxygen atoms in total. The van der Waals surface area contributed by atoms with E-state index in [4.69, 9.17) is 10.5 Å². The average molecular weight is 267 g/mol. The van der Waals surface area contributed by atoms with Crippen LogP contribution in [-0.2, 0) is 6.54 Å². The van der Waals surface area contributed by atoms with Crippen LogP contribution in [0.1, 0.15) is 17.6 Å². The molecule has 6 heteroatoms. The molecule has 0 spiro atoms. The maximum absolute atomic E-state index is 12.5. The van der Waals surface area contributed by atoms with E-state index in [-0.39, 0.29) is 22.6 Å². The molecule has 0 radical (unpaired) electrons. The van der Waals surface area contributed by atoms with E-state index in [0.29, 0.717) is 5.56 Å². The predicted octanol–water partition coefficient (Wildman–Crippen LogP) is 2.25. The number of ether oxygens (including phenoxy) is 1. The van der Waals surface area contributed by atoms with E-state index >= 15 is 0 Å². The molecule has 0 unspecified atom stereocenters. The zero-order valence-corrected chi connectivity index (χ0v) is 9.01. The Bertz CT molecular complexity index is 333. The second-order valence-corrected chi connectivity index (χ2v) is 3.28. The minimum absolute atomic E-state index is 0.0250. The van der Waals surface area contributed by atoms with Gasteiger partial charge in [0.2, 0.25) is 5.88 Å². The van der Waals surface area contributed by atoms with Crippen LogP contribution in [0.15, 0.2) is 10.7 Å². The molecular weight excluding hydrogens is 258 g/mol. The normalized spacial score (nSPS) is 10.7. The molecule has 0 fully saturated rings. The number of aromatic nitrogens is 1. The Kier molecular flexibility index (Phi) is 3.77. The molecule has 0 saturated carbocycles. The molecular formula is C8H9BrF2N2O. The van der Waals surface area contributed by atoms with Crippen molar-refractivity contribution in [2.24, 2.45) is 5.73 Å². The van der Waals surface area contributed by atoms with Crippen molar-refractivity contribution in [2.75, 3.05) is 7.11 Å². The van der Waals surface area contributed by atoms with Crippen molar-refractivity contribution in [3.63, 3.8) is 0 Å². The summed E-state index contributed by atoms with van der Waals surface area (Å²) in [7, 11) is 1.41. The molecule has 0 saturated heterocycles. The first-order valence-electron chi connectivity index (χ1n) is 3.81. The van der Waals surface area contributed by atoms with Crippen molar-refractivity contribution in [3.05, 3.63) is 21.8 Å². The lowest BCUT2D eigenvalue weighted by molar-refractivity contribution is 0.148. The molecule has 0 aromatic carbocycles. The third-order valence-corrected chi connectivity index (χ3v) is 2.33. The lowest BCUT2D eigenvalue weighted by Gasteiger charge is -2.10. The fraction of sp³-hybridized carbons (Fsp3) is 0.375. The molecule has 0 aliphatic heterocycles. The summed E-state index contributed by atoms with van der Waals surface area (Å²) in [5.41, 5.74) is 5.50. The smallest absolute Gasteiger partial charge is 0.266 e. The zero-order chi connectivity index (χ0) is 10.7. The third-order valence-electron chi connectivity index (χ3n) is 1.72. The molecule has 1 heterocycles. The van der Waals surface area contributed by atoms with Crippen molar-refractivity contribution in [2.45, 2.75) is 13.0 Å². The highest BCUT2D eigenvalue weighted by Crippen LogP contribution is 2.31. The van der Waals surface area contributed by atoms with Crippen LogP contribution in [0.2, 0.25) is 0 Å². The van der Waals surface area contributed by atoms with Crippen LogP contribution in [0.25, 0.3) is 0 Å². The van der Waals surface area contributed by atoms with Gasteiger partial charge in [0.15, 0.2) is 0 Å². The van der Waals surface area contributed by atoms with Gasteiger partial charge in [-0.25, -0.2) is 13.8 Å².